The Morgan fingerprint density at radius 2 is 1.86 bits per heavy atom. The molecule has 1 nitrogen and oxygen atoms in total. The lowest BCUT2D eigenvalue weighted by molar-refractivity contribution is 0.219. The molecule has 118 valence electrons. The SMILES string of the molecule is CC(C)C[C@@H](C)[C@H](C)C(C)(C)c1cccc2c1CNCC2. The summed E-state index contributed by atoms with van der Waals surface area (Å²) in [4.78, 5) is 0. The zero-order valence-electron chi connectivity index (χ0n) is 14.8. The third-order valence-corrected chi connectivity index (χ3v) is 5.68. The molecule has 0 amide bonds. The number of benzene rings is 1. The first-order chi connectivity index (χ1) is 9.84. The molecular weight excluding hydrogens is 254 g/mol. The highest BCUT2D eigenvalue weighted by Gasteiger charge is 2.34. The highest BCUT2D eigenvalue weighted by atomic mass is 14.9. The van der Waals surface area contributed by atoms with Gasteiger partial charge < -0.3 is 5.32 Å². The van der Waals surface area contributed by atoms with E-state index < -0.39 is 0 Å². The molecule has 0 unspecified atom stereocenters. The fourth-order valence-corrected chi connectivity index (χ4v) is 4.02. The maximum atomic E-state index is 3.55. The molecule has 2 atom stereocenters. The first-order valence-electron chi connectivity index (χ1n) is 8.66. The minimum atomic E-state index is 0.235. The molecule has 1 aromatic rings. The van der Waals surface area contributed by atoms with E-state index >= 15 is 0 Å². The van der Waals surface area contributed by atoms with E-state index in [9.17, 15) is 0 Å². The second kappa shape index (κ2) is 6.52. The monoisotopic (exact) mass is 287 g/mol. The lowest BCUT2D eigenvalue weighted by Gasteiger charge is -2.39. The molecule has 21 heavy (non-hydrogen) atoms. The Morgan fingerprint density at radius 3 is 2.52 bits per heavy atom. The predicted molar refractivity (Wildman–Crippen MR) is 92.7 cm³/mol. The molecule has 0 fully saturated rings. The van der Waals surface area contributed by atoms with Gasteiger partial charge in [-0.3, -0.25) is 0 Å². The van der Waals surface area contributed by atoms with E-state index in [1.165, 1.54) is 12.8 Å². The van der Waals surface area contributed by atoms with Crippen molar-refractivity contribution >= 4 is 0 Å². The van der Waals surface area contributed by atoms with E-state index in [0.29, 0.717) is 5.92 Å². The molecule has 0 bridgehead atoms. The molecule has 1 aliphatic heterocycles. The Bertz CT molecular complexity index is 473. The highest BCUT2D eigenvalue weighted by molar-refractivity contribution is 5.41. The fraction of sp³-hybridized carbons (Fsp3) is 0.700. The van der Waals surface area contributed by atoms with Crippen LogP contribution in [0.4, 0.5) is 0 Å². The summed E-state index contributed by atoms with van der Waals surface area (Å²) in [5.74, 6) is 2.23. The van der Waals surface area contributed by atoms with Gasteiger partial charge in [0.25, 0.3) is 0 Å². The zero-order chi connectivity index (χ0) is 15.6. The van der Waals surface area contributed by atoms with Gasteiger partial charge in [0, 0.05) is 6.54 Å². The third-order valence-electron chi connectivity index (χ3n) is 5.68. The summed E-state index contributed by atoms with van der Waals surface area (Å²) in [6.45, 7) is 16.6. The van der Waals surface area contributed by atoms with E-state index in [1.807, 2.05) is 0 Å². The van der Waals surface area contributed by atoms with Gasteiger partial charge in [-0.1, -0.05) is 59.7 Å². The Morgan fingerprint density at radius 1 is 1.14 bits per heavy atom. The Kier molecular flexibility index (Phi) is 5.14. The quantitative estimate of drug-likeness (QED) is 0.810. The first-order valence-corrected chi connectivity index (χ1v) is 8.66. The van der Waals surface area contributed by atoms with E-state index in [1.54, 1.807) is 16.7 Å². The molecule has 1 aliphatic rings. The van der Waals surface area contributed by atoms with Crippen molar-refractivity contribution in [2.45, 2.75) is 66.3 Å². The number of rotatable bonds is 5. The van der Waals surface area contributed by atoms with E-state index in [4.69, 9.17) is 0 Å². The molecule has 1 aromatic carbocycles. The van der Waals surface area contributed by atoms with Crippen LogP contribution in [0.15, 0.2) is 18.2 Å². The van der Waals surface area contributed by atoms with Crippen molar-refractivity contribution in [3.05, 3.63) is 34.9 Å². The molecule has 0 aliphatic carbocycles. The van der Waals surface area contributed by atoms with Crippen molar-refractivity contribution in [1.82, 2.24) is 5.32 Å². The first kappa shape index (κ1) is 16.5. The predicted octanol–water partition coefficient (Wildman–Crippen LogP) is 4.93. The summed E-state index contributed by atoms with van der Waals surface area (Å²) in [5.41, 5.74) is 4.93. The van der Waals surface area contributed by atoms with E-state index in [-0.39, 0.29) is 5.41 Å². The lowest BCUT2D eigenvalue weighted by atomic mass is 9.66. The molecule has 0 spiro atoms. The van der Waals surface area contributed by atoms with Crippen LogP contribution < -0.4 is 5.32 Å². The summed E-state index contributed by atoms with van der Waals surface area (Å²) < 4.78 is 0. The minimum Gasteiger partial charge on any atom is -0.312 e. The van der Waals surface area contributed by atoms with Crippen molar-refractivity contribution in [2.75, 3.05) is 6.54 Å². The maximum absolute atomic E-state index is 3.55. The van der Waals surface area contributed by atoms with Gasteiger partial charge in [0.15, 0.2) is 0 Å². The molecule has 0 saturated heterocycles. The summed E-state index contributed by atoms with van der Waals surface area (Å²) in [6, 6.07) is 6.95. The fourth-order valence-electron chi connectivity index (χ4n) is 4.02. The largest absolute Gasteiger partial charge is 0.312 e. The summed E-state index contributed by atoms with van der Waals surface area (Å²) in [5, 5.41) is 3.55. The van der Waals surface area contributed by atoms with Crippen LogP contribution in [0.25, 0.3) is 0 Å². The van der Waals surface area contributed by atoms with Crippen LogP contribution in [0.3, 0.4) is 0 Å². The average molecular weight is 287 g/mol. The van der Waals surface area contributed by atoms with Crippen LogP contribution in [-0.4, -0.2) is 6.54 Å². The lowest BCUT2D eigenvalue weighted by Crippen LogP contribution is -2.35. The average Bonchev–Trinajstić information content (AvgIpc) is 2.45. The Hall–Kier alpha value is -0.820. The number of hydrogen-bond acceptors (Lipinski definition) is 1. The number of nitrogens with one attached hydrogen (secondary N) is 1. The molecule has 0 saturated carbocycles. The summed E-state index contributed by atoms with van der Waals surface area (Å²) in [6.07, 6.45) is 2.49. The minimum absolute atomic E-state index is 0.235. The zero-order valence-corrected chi connectivity index (χ0v) is 14.8. The van der Waals surface area contributed by atoms with Crippen molar-refractivity contribution in [3.63, 3.8) is 0 Å². The highest BCUT2D eigenvalue weighted by Crippen LogP contribution is 2.40. The molecule has 1 heteroatoms. The summed E-state index contributed by atoms with van der Waals surface area (Å²) >= 11 is 0. The van der Waals surface area contributed by atoms with Crippen LogP contribution in [-0.2, 0) is 18.4 Å². The molecule has 2 rings (SSSR count). The van der Waals surface area contributed by atoms with Gasteiger partial charge in [0.1, 0.15) is 0 Å². The number of fused-ring (bicyclic) bond motifs is 1. The van der Waals surface area contributed by atoms with Crippen molar-refractivity contribution in [3.8, 4) is 0 Å². The van der Waals surface area contributed by atoms with Gasteiger partial charge in [-0.2, -0.15) is 0 Å². The number of hydrogen-bond donors (Lipinski definition) is 1. The van der Waals surface area contributed by atoms with Crippen molar-refractivity contribution < 1.29 is 0 Å². The second-order valence-corrected chi connectivity index (χ2v) is 7.99. The van der Waals surface area contributed by atoms with Crippen LogP contribution in [0.1, 0.15) is 64.7 Å². The standard InChI is InChI=1S/C20H33N/c1-14(2)12-15(3)16(4)20(5,6)19-9-7-8-17-10-11-21-13-18(17)19/h7-9,14-16,21H,10-13H2,1-6H3/t15-,16+/m1/s1. The van der Waals surface area contributed by atoms with Crippen LogP contribution in [0.2, 0.25) is 0 Å². The smallest absolute Gasteiger partial charge is 0.0211 e. The maximum Gasteiger partial charge on any atom is 0.0211 e. The van der Waals surface area contributed by atoms with Gasteiger partial charge in [-0.05, 0) is 59.2 Å². The van der Waals surface area contributed by atoms with Gasteiger partial charge in [0.05, 0.1) is 0 Å². The Balaban J connectivity index is 2.30. The van der Waals surface area contributed by atoms with E-state index in [2.05, 4.69) is 65.1 Å². The van der Waals surface area contributed by atoms with Crippen LogP contribution in [0.5, 0.6) is 0 Å². The van der Waals surface area contributed by atoms with Crippen molar-refractivity contribution in [1.29, 1.82) is 0 Å². The van der Waals surface area contributed by atoms with Crippen LogP contribution in [0, 0.1) is 17.8 Å². The normalized spacial score (nSPS) is 18.4. The molecule has 0 aromatic heterocycles. The van der Waals surface area contributed by atoms with Crippen molar-refractivity contribution in [2.24, 2.45) is 17.8 Å². The molecule has 1 heterocycles. The van der Waals surface area contributed by atoms with Crippen LogP contribution >= 0.6 is 0 Å². The summed E-state index contributed by atoms with van der Waals surface area (Å²) in [7, 11) is 0. The van der Waals surface area contributed by atoms with E-state index in [0.717, 1.165) is 24.9 Å². The van der Waals surface area contributed by atoms with Gasteiger partial charge in [0.2, 0.25) is 0 Å². The Labute approximate surface area is 131 Å². The third kappa shape index (κ3) is 3.51. The molecule has 1 N–H and O–H groups in total. The molecule has 0 radical (unpaired) electrons. The van der Waals surface area contributed by atoms with Gasteiger partial charge in [-0.25, -0.2) is 0 Å². The van der Waals surface area contributed by atoms with Gasteiger partial charge in [-0.15, -0.1) is 0 Å². The second-order valence-electron chi connectivity index (χ2n) is 7.99. The topological polar surface area (TPSA) is 12.0 Å². The van der Waals surface area contributed by atoms with Gasteiger partial charge >= 0.3 is 0 Å². The molecular formula is C20H33N.